The lowest BCUT2D eigenvalue weighted by atomic mass is 10.1. The van der Waals surface area contributed by atoms with Gasteiger partial charge in [0, 0.05) is 32.3 Å². The average molecular weight is 271 g/mol. The molecule has 2 atom stereocenters. The first-order chi connectivity index (χ1) is 9.06. The van der Waals surface area contributed by atoms with Gasteiger partial charge in [-0.1, -0.05) is 0 Å². The molecule has 5 nitrogen and oxygen atoms in total. The summed E-state index contributed by atoms with van der Waals surface area (Å²) in [6.07, 6.45) is 2.45. The largest absolute Gasteiger partial charge is 0.383 e. The van der Waals surface area contributed by atoms with Crippen molar-refractivity contribution in [3.05, 3.63) is 0 Å². The molecule has 1 aliphatic rings. The zero-order valence-corrected chi connectivity index (χ0v) is 12.7. The summed E-state index contributed by atoms with van der Waals surface area (Å²) in [7, 11) is 1.64. The third-order valence-electron chi connectivity index (χ3n) is 3.74. The molecule has 0 saturated carbocycles. The van der Waals surface area contributed by atoms with E-state index in [1.807, 2.05) is 6.92 Å². The summed E-state index contributed by atoms with van der Waals surface area (Å²) in [4.78, 5) is 14.4. The van der Waals surface area contributed by atoms with E-state index in [0.29, 0.717) is 25.2 Å². The van der Waals surface area contributed by atoms with Gasteiger partial charge in [0.2, 0.25) is 5.91 Å². The second kappa shape index (κ2) is 8.51. The van der Waals surface area contributed by atoms with Gasteiger partial charge in [-0.05, 0) is 40.2 Å². The van der Waals surface area contributed by atoms with Crippen molar-refractivity contribution in [2.45, 2.75) is 51.7 Å². The Bertz CT molecular complexity index is 265. The number of nitrogens with zero attached hydrogens (tertiary/aromatic N) is 1. The Balaban J connectivity index is 2.46. The monoisotopic (exact) mass is 271 g/mol. The smallest absolute Gasteiger partial charge is 0.237 e. The topological polar surface area (TPSA) is 53.6 Å². The fourth-order valence-electron chi connectivity index (χ4n) is 2.56. The molecule has 1 saturated heterocycles. The minimum Gasteiger partial charge on any atom is -0.383 e. The molecule has 2 unspecified atom stereocenters. The summed E-state index contributed by atoms with van der Waals surface area (Å²) >= 11 is 0. The van der Waals surface area contributed by atoms with Crippen molar-refractivity contribution >= 4 is 5.91 Å². The highest BCUT2D eigenvalue weighted by atomic mass is 16.5. The normalized spacial score (nSPS) is 21.1. The molecule has 5 heteroatoms. The zero-order valence-electron chi connectivity index (χ0n) is 12.7. The van der Waals surface area contributed by atoms with Crippen molar-refractivity contribution in [1.82, 2.24) is 15.5 Å². The highest BCUT2D eigenvalue weighted by Gasteiger charge is 2.27. The van der Waals surface area contributed by atoms with Crippen LogP contribution in [0.4, 0.5) is 0 Å². The number of carbonyl (C=O) groups is 1. The molecular formula is C14H29N3O2. The average Bonchev–Trinajstić information content (AvgIpc) is 2.87. The number of hydrogen-bond acceptors (Lipinski definition) is 4. The Kier molecular flexibility index (Phi) is 7.34. The van der Waals surface area contributed by atoms with Crippen LogP contribution >= 0.6 is 0 Å². The number of carbonyl (C=O) groups excluding carboxylic acids is 1. The first-order valence-electron chi connectivity index (χ1n) is 7.32. The molecule has 0 aromatic rings. The predicted octanol–water partition coefficient (Wildman–Crippen LogP) is 0.600. The van der Waals surface area contributed by atoms with Gasteiger partial charge < -0.3 is 15.4 Å². The Hall–Kier alpha value is -0.650. The van der Waals surface area contributed by atoms with Crippen molar-refractivity contribution in [2.75, 3.05) is 33.4 Å². The van der Waals surface area contributed by atoms with E-state index in [0.717, 1.165) is 13.1 Å². The molecule has 0 aromatic carbocycles. The van der Waals surface area contributed by atoms with E-state index in [9.17, 15) is 4.79 Å². The third-order valence-corrected chi connectivity index (χ3v) is 3.74. The van der Waals surface area contributed by atoms with Crippen LogP contribution in [0.3, 0.4) is 0 Å². The number of nitrogens with one attached hydrogen (secondary N) is 2. The Morgan fingerprint density at radius 1 is 1.47 bits per heavy atom. The van der Waals surface area contributed by atoms with Crippen LogP contribution in [0.15, 0.2) is 0 Å². The molecule has 0 spiro atoms. The summed E-state index contributed by atoms with van der Waals surface area (Å²) in [6.45, 7) is 9.46. The Labute approximate surface area is 117 Å². The number of methoxy groups -OCH3 is 1. The van der Waals surface area contributed by atoms with Crippen LogP contribution in [0.25, 0.3) is 0 Å². The molecule has 1 aliphatic heterocycles. The summed E-state index contributed by atoms with van der Waals surface area (Å²) in [5.41, 5.74) is 0. The SMILES string of the molecule is COCCNC(=O)C(C)N(CC1CCCN1)C(C)C. The standard InChI is InChI=1S/C14H29N3O2/c1-11(2)17(10-13-6-5-7-15-13)12(3)14(18)16-8-9-19-4/h11-13,15H,5-10H2,1-4H3,(H,16,18). The summed E-state index contributed by atoms with van der Waals surface area (Å²) in [5.74, 6) is 0.0868. The van der Waals surface area contributed by atoms with Crippen LogP contribution in [0.1, 0.15) is 33.6 Å². The molecule has 112 valence electrons. The lowest BCUT2D eigenvalue weighted by molar-refractivity contribution is -0.126. The van der Waals surface area contributed by atoms with Crippen LogP contribution in [0, 0.1) is 0 Å². The maximum atomic E-state index is 12.1. The second-order valence-electron chi connectivity index (χ2n) is 5.54. The molecule has 0 aliphatic carbocycles. The first kappa shape index (κ1) is 16.4. The van der Waals surface area contributed by atoms with E-state index >= 15 is 0 Å². The van der Waals surface area contributed by atoms with Crippen molar-refractivity contribution in [3.63, 3.8) is 0 Å². The molecule has 1 fully saturated rings. The predicted molar refractivity (Wildman–Crippen MR) is 77.2 cm³/mol. The van der Waals surface area contributed by atoms with Gasteiger partial charge >= 0.3 is 0 Å². The fraction of sp³-hybridized carbons (Fsp3) is 0.929. The van der Waals surface area contributed by atoms with E-state index in [2.05, 4.69) is 29.4 Å². The number of ether oxygens (including phenoxy) is 1. The van der Waals surface area contributed by atoms with Crippen molar-refractivity contribution in [1.29, 1.82) is 0 Å². The molecule has 2 N–H and O–H groups in total. The van der Waals surface area contributed by atoms with E-state index in [-0.39, 0.29) is 11.9 Å². The third kappa shape index (κ3) is 5.47. The summed E-state index contributed by atoms with van der Waals surface area (Å²) in [5, 5.41) is 6.41. The lowest BCUT2D eigenvalue weighted by Gasteiger charge is -2.34. The van der Waals surface area contributed by atoms with Gasteiger partial charge in [-0.15, -0.1) is 0 Å². The minimum atomic E-state index is -0.0979. The van der Waals surface area contributed by atoms with Gasteiger partial charge in [0.1, 0.15) is 0 Å². The Morgan fingerprint density at radius 3 is 2.74 bits per heavy atom. The first-order valence-corrected chi connectivity index (χ1v) is 7.32. The molecule has 1 rings (SSSR count). The molecule has 0 bridgehead atoms. The van der Waals surface area contributed by atoms with E-state index in [1.165, 1.54) is 12.8 Å². The van der Waals surface area contributed by atoms with E-state index in [4.69, 9.17) is 4.74 Å². The minimum absolute atomic E-state index is 0.0868. The fourth-order valence-corrected chi connectivity index (χ4v) is 2.56. The van der Waals surface area contributed by atoms with Crippen LogP contribution in [-0.2, 0) is 9.53 Å². The molecule has 1 amide bonds. The molecule has 19 heavy (non-hydrogen) atoms. The summed E-state index contributed by atoms with van der Waals surface area (Å²) in [6, 6.07) is 0.793. The zero-order chi connectivity index (χ0) is 14.3. The van der Waals surface area contributed by atoms with Gasteiger partial charge in [0.05, 0.1) is 12.6 Å². The van der Waals surface area contributed by atoms with Gasteiger partial charge in [-0.3, -0.25) is 9.69 Å². The highest BCUT2D eigenvalue weighted by Crippen LogP contribution is 2.12. The molecule has 0 radical (unpaired) electrons. The molecule has 1 heterocycles. The lowest BCUT2D eigenvalue weighted by Crippen LogP contribution is -2.52. The number of amides is 1. The van der Waals surface area contributed by atoms with Crippen molar-refractivity contribution < 1.29 is 9.53 Å². The molecular weight excluding hydrogens is 242 g/mol. The molecule has 0 aromatic heterocycles. The van der Waals surface area contributed by atoms with Crippen molar-refractivity contribution in [3.8, 4) is 0 Å². The highest BCUT2D eigenvalue weighted by molar-refractivity contribution is 5.81. The van der Waals surface area contributed by atoms with Gasteiger partial charge in [0.15, 0.2) is 0 Å². The summed E-state index contributed by atoms with van der Waals surface area (Å²) < 4.78 is 4.95. The van der Waals surface area contributed by atoms with Crippen LogP contribution in [-0.4, -0.2) is 62.3 Å². The van der Waals surface area contributed by atoms with E-state index in [1.54, 1.807) is 7.11 Å². The number of hydrogen-bond donors (Lipinski definition) is 2. The quantitative estimate of drug-likeness (QED) is 0.635. The maximum Gasteiger partial charge on any atom is 0.237 e. The Morgan fingerprint density at radius 2 is 2.21 bits per heavy atom. The van der Waals surface area contributed by atoms with Crippen LogP contribution in [0.5, 0.6) is 0 Å². The maximum absolute atomic E-state index is 12.1. The van der Waals surface area contributed by atoms with E-state index < -0.39 is 0 Å². The van der Waals surface area contributed by atoms with Gasteiger partial charge in [0.25, 0.3) is 0 Å². The van der Waals surface area contributed by atoms with Gasteiger partial charge in [-0.2, -0.15) is 0 Å². The van der Waals surface area contributed by atoms with Crippen molar-refractivity contribution in [2.24, 2.45) is 0 Å². The van der Waals surface area contributed by atoms with Crippen LogP contribution < -0.4 is 10.6 Å². The second-order valence-corrected chi connectivity index (χ2v) is 5.54. The van der Waals surface area contributed by atoms with Gasteiger partial charge in [-0.25, -0.2) is 0 Å². The van der Waals surface area contributed by atoms with Crippen LogP contribution in [0.2, 0.25) is 0 Å². The number of rotatable bonds is 8.